The Morgan fingerprint density at radius 2 is 1.83 bits per heavy atom. The second kappa shape index (κ2) is 9.15. The minimum atomic E-state index is -4.47. The number of aryl methyl sites for hydroxylation is 2. The molecule has 5 rings (SSSR count). The van der Waals surface area contributed by atoms with Crippen molar-refractivity contribution in [3.05, 3.63) is 65.9 Å². The molecule has 0 amide bonds. The first-order chi connectivity index (χ1) is 17.2. The molecule has 190 valence electrons. The molecule has 36 heavy (non-hydrogen) atoms. The van der Waals surface area contributed by atoms with Crippen molar-refractivity contribution < 1.29 is 13.2 Å². The Labute approximate surface area is 208 Å². The Morgan fingerprint density at radius 1 is 1.08 bits per heavy atom. The summed E-state index contributed by atoms with van der Waals surface area (Å²) in [5, 5.41) is 4.72. The van der Waals surface area contributed by atoms with Gasteiger partial charge in [-0.15, -0.1) is 0 Å². The highest BCUT2D eigenvalue weighted by Gasteiger charge is 2.38. The quantitative estimate of drug-likeness (QED) is 0.489. The lowest BCUT2D eigenvalue weighted by Crippen LogP contribution is -2.46. The van der Waals surface area contributed by atoms with Crippen molar-refractivity contribution in [2.24, 2.45) is 7.05 Å². The number of rotatable bonds is 5. The van der Waals surface area contributed by atoms with Crippen molar-refractivity contribution in [1.82, 2.24) is 24.6 Å². The average Bonchev–Trinajstić information content (AvgIpc) is 3.26. The summed E-state index contributed by atoms with van der Waals surface area (Å²) in [5.74, 6) is 1.62. The minimum absolute atomic E-state index is 0.175. The molecule has 10 heteroatoms. The third kappa shape index (κ3) is 4.18. The predicted octanol–water partition coefficient (Wildman–Crippen LogP) is 4.33. The summed E-state index contributed by atoms with van der Waals surface area (Å²) < 4.78 is 43.8. The van der Waals surface area contributed by atoms with Gasteiger partial charge in [-0.1, -0.05) is 20.1 Å². The Hall–Kier alpha value is -3.56. The van der Waals surface area contributed by atoms with Crippen LogP contribution in [0.2, 0.25) is 0 Å². The molecule has 2 aliphatic heterocycles. The molecule has 0 saturated carbocycles. The molecule has 7 nitrogen and oxygen atoms in total. The maximum atomic E-state index is 14.1. The first-order valence-electron chi connectivity index (χ1n) is 12.2. The van der Waals surface area contributed by atoms with Gasteiger partial charge in [-0.25, -0.2) is 9.97 Å². The van der Waals surface area contributed by atoms with Crippen LogP contribution in [0, 0.1) is 0 Å². The van der Waals surface area contributed by atoms with Gasteiger partial charge in [-0.2, -0.15) is 18.3 Å². The fraction of sp³-hybridized carbons (Fsp3) is 0.423. The molecule has 0 aliphatic carbocycles. The van der Waals surface area contributed by atoms with Gasteiger partial charge in [0, 0.05) is 62.8 Å². The standard InChI is InChI=1S/C26H30F3N7/c1-5-17(3)34-11-13-35(14-12-34)25-18-9-10-36(16-21(18)31-23(6-2)32-25)24-19-15-30-33(4)22(19)8-7-20(24)26(27,28)29/h5,7-8,15H,1,3,6,9-14,16H2,2,4H3. The molecule has 1 saturated heterocycles. The molecule has 4 heterocycles. The smallest absolute Gasteiger partial charge is 0.368 e. The second-order valence-electron chi connectivity index (χ2n) is 9.24. The van der Waals surface area contributed by atoms with Crippen molar-refractivity contribution in [3.8, 4) is 0 Å². The van der Waals surface area contributed by atoms with Crippen molar-refractivity contribution in [2.45, 2.75) is 32.5 Å². The number of aromatic nitrogens is 4. The highest BCUT2D eigenvalue weighted by molar-refractivity contribution is 5.94. The van der Waals surface area contributed by atoms with Crippen LogP contribution in [0.1, 0.15) is 29.6 Å². The number of allylic oxidation sites excluding steroid dienone is 1. The molecule has 0 bridgehead atoms. The van der Waals surface area contributed by atoms with Crippen LogP contribution in [0.4, 0.5) is 24.7 Å². The fourth-order valence-electron chi connectivity index (χ4n) is 5.19. The van der Waals surface area contributed by atoms with Gasteiger partial charge >= 0.3 is 6.18 Å². The third-order valence-corrected chi connectivity index (χ3v) is 7.15. The van der Waals surface area contributed by atoms with Gasteiger partial charge in [0.25, 0.3) is 0 Å². The molecule has 2 aliphatic rings. The molecule has 0 spiro atoms. The monoisotopic (exact) mass is 497 g/mol. The number of piperazine rings is 1. The highest BCUT2D eigenvalue weighted by Crippen LogP contribution is 2.42. The van der Waals surface area contributed by atoms with E-state index < -0.39 is 11.7 Å². The average molecular weight is 498 g/mol. The minimum Gasteiger partial charge on any atom is -0.368 e. The van der Waals surface area contributed by atoms with Gasteiger partial charge in [0.2, 0.25) is 0 Å². The Morgan fingerprint density at radius 3 is 2.50 bits per heavy atom. The summed E-state index contributed by atoms with van der Waals surface area (Å²) in [6.45, 7) is 13.8. The topological polar surface area (TPSA) is 53.3 Å². The van der Waals surface area contributed by atoms with E-state index in [1.54, 1.807) is 22.7 Å². The molecule has 0 radical (unpaired) electrons. The normalized spacial score (nSPS) is 16.4. The molecule has 3 aromatic rings. The molecular formula is C26H30F3N7. The zero-order valence-electron chi connectivity index (χ0n) is 20.6. The van der Waals surface area contributed by atoms with Crippen LogP contribution in [0.3, 0.4) is 0 Å². The van der Waals surface area contributed by atoms with E-state index in [1.807, 2.05) is 6.92 Å². The molecule has 0 atom stereocenters. The number of anilines is 2. The van der Waals surface area contributed by atoms with Crippen molar-refractivity contribution in [3.63, 3.8) is 0 Å². The Bertz CT molecular complexity index is 1320. The summed E-state index contributed by atoms with van der Waals surface area (Å²) in [6.07, 6.45) is 0.0424. The van der Waals surface area contributed by atoms with Gasteiger partial charge < -0.3 is 14.7 Å². The summed E-state index contributed by atoms with van der Waals surface area (Å²) in [5.41, 5.74) is 2.94. The SMILES string of the molecule is C=CC(=C)N1CCN(c2nc(CC)nc3c2CCN(c2c(C(F)(F)F)ccc4c2cnn4C)C3)CC1. The first kappa shape index (κ1) is 24.1. The number of nitrogens with zero attached hydrogens (tertiary/aromatic N) is 7. The lowest BCUT2D eigenvalue weighted by Gasteiger charge is -2.39. The zero-order valence-corrected chi connectivity index (χ0v) is 20.6. The van der Waals surface area contributed by atoms with Gasteiger partial charge in [0.1, 0.15) is 11.6 Å². The van der Waals surface area contributed by atoms with E-state index in [2.05, 4.69) is 28.1 Å². The summed E-state index contributed by atoms with van der Waals surface area (Å²) >= 11 is 0. The lowest BCUT2D eigenvalue weighted by molar-refractivity contribution is -0.137. The molecule has 1 fully saturated rings. The summed E-state index contributed by atoms with van der Waals surface area (Å²) in [6, 6.07) is 2.65. The second-order valence-corrected chi connectivity index (χ2v) is 9.24. The van der Waals surface area contributed by atoms with Crippen LogP contribution in [-0.4, -0.2) is 57.4 Å². The van der Waals surface area contributed by atoms with E-state index in [0.717, 1.165) is 55.0 Å². The van der Waals surface area contributed by atoms with E-state index in [1.165, 1.54) is 12.3 Å². The zero-order chi connectivity index (χ0) is 25.6. The Balaban J connectivity index is 1.51. The Kier molecular flexibility index (Phi) is 6.13. The van der Waals surface area contributed by atoms with Crippen LogP contribution >= 0.6 is 0 Å². The molecule has 2 aromatic heterocycles. The number of halogens is 3. The van der Waals surface area contributed by atoms with E-state index in [0.29, 0.717) is 42.7 Å². The predicted molar refractivity (Wildman–Crippen MR) is 135 cm³/mol. The van der Waals surface area contributed by atoms with E-state index >= 15 is 0 Å². The third-order valence-electron chi connectivity index (χ3n) is 7.15. The summed E-state index contributed by atoms with van der Waals surface area (Å²) in [4.78, 5) is 15.9. The first-order valence-corrected chi connectivity index (χ1v) is 12.2. The fourth-order valence-corrected chi connectivity index (χ4v) is 5.19. The maximum absolute atomic E-state index is 14.1. The number of fused-ring (bicyclic) bond motifs is 2. The molecule has 1 aromatic carbocycles. The summed E-state index contributed by atoms with van der Waals surface area (Å²) in [7, 11) is 1.74. The van der Waals surface area contributed by atoms with Crippen LogP contribution < -0.4 is 9.80 Å². The largest absolute Gasteiger partial charge is 0.418 e. The molecule has 0 N–H and O–H groups in total. The van der Waals surface area contributed by atoms with Crippen LogP contribution in [0.25, 0.3) is 10.9 Å². The van der Waals surface area contributed by atoms with Gasteiger partial charge in [-0.3, -0.25) is 4.68 Å². The number of hydrogen-bond donors (Lipinski definition) is 0. The van der Waals surface area contributed by atoms with Gasteiger partial charge in [0.15, 0.2) is 0 Å². The van der Waals surface area contributed by atoms with Crippen LogP contribution in [-0.2, 0) is 32.6 Å². The van der Waals surface area contributed by atoms with Crippen LogP contribution in [0.15, 0.2) is 43.3 Å². The molecule has 0 unspecified atom stereocenters. The lowest BCUT2D eigenvalue weighted by atomic mass is 10.0. The maximum Gasteiger partial charge on any atom is 0.418 e. The number of benzene rings is 1. The van der Waals surface area contributed by atoms with Gasteiger partial charge in [0.05, 0.1) is 35.2 Å². The molecular weight excluding hydrogens is 467 g/mol. The highest BCUT2D eigenvalue weighted by atomic mass is 19.4. The van der Waals surface area contributed by atoms with Crippen molar-refractivity contribution in [2.75, 3.05) is 42.5 Å². The van der Waals surface area contributed by atoms with Gasteiger partial charge in [-0.05, 0) is 24.6 Å². The van der Waals surface area contributed by atoms with Crippen LogP contribution in [0.5, 0.6) is 0 Å². The van der Waals surface area contributed by atoms with E-state index in [9.17, 15) is 13.2 Å². The van der Waals surface area contributed by atoms with Crippen molar-refractivity contribution in [1.29, 1.82) is 0 Å². The number of hydrogen-bond acceptors (Lipinski definition) is 6. The van der Waals surface area contributed by atoms with Crippen molar-refractivity contribution >= 4 is 22.4 Å². The van der Waals surface area contributed by atoms with E-state index in [-0.39, 0.29) is 5.69 Å². The van der Waals surface area contributed by atoms with E-state index in [4.69, 9.17) is 9.97 Å². The number of alkyl halides is 3.